The van der Waals surface area contributed by atoms with Crippen LogP contribution in [0.2, 0.25) is 0 Å². The van der Waals surface area contributed by atoms with Gasteiger partial charge in [0.1, 0.15) is 5.75 Å². The minimum atomic E-state index is 0.424. The molecule has 0 radical (unpaired) electrons. The summed E-state index contributed by atoms with van der Waals surface area (Å²) in [6.45, 7) is 2.26. The van der Waals surface area contributed by atoms with Gasteiger partial charge >= 0.3 is 0 Å². The molecule has 0 aromatic heterocycles. The SMILES string of the molecule is CCCCCCCCCC=CCCc1ccccc1O. The molecule has 0 saturated carbocycles. The molecule has 1 rings (SSSR count). The molecule has 0 aliphatic heterocycles. The number of unbranched alkanes of at least 4 members (excludes halogenated alkanes) is 7. The molecule has 112 valence electrons. The number of hydrogen-bond acceptors (Lipinski definition) is 1. The predicted molar refractivity (Wildman–Crippen MR) is 88.2 cm³/mol. The molecule has 0 bridgehead atoms. The van der Waals surface area contributed by atoms with Gasteiger partial charge in [-0.3, -0.25) is 0 Å². The molecule has 0 heterocycles. The van der Waals surface area contributed by atoms with Crippen LogP contribution in [0, 0.1) is 0 Å². The fourth-order valence-electron chi connectivity index (χ4n) is 2.42. The lowest BCUT2D eigenvalue weighted by molar-refractivity contribution is 0.468. The fraction of sp³-hybridized carbons (Fsp3) is 0.579. The third-order valence-electron chi connectivity index (χ3n) is 3.71. The topological polar surface area (TPSA) is 20.2 Å². The molecular formula is C19H30O. The number of para-hydroxylation sites is 1. The van der Waals surface area contributed by atoms with Crippen LogP contribution in [0.25, 0.3) is 0 Å². The molecule has 0 atom stereocenters. The minimum Gasteiger partial charge on any atom is -0.508 e. The molecular weight excluding hydrogens is 244 g/mol. The first-order valence-electron chi connectivity index (χ1n) is 8.26. The molecule has 1 aromatic carbocycles. The standard InChI is InChI=1S/C19H30O/c1-2-3-4-5-6-7-8-9-10-11-12-15-18-16-13-14-17-19(18)20/h10-11,13-14,16-17,20H,2-9,12,15H2,1H3. The Balaban J connectivity index is 1.96. The summed E-state index contributed by atoms with van der Waals surface area (Å²) in [7, 11) is 0. The first-order chi connectivity index (χ1) is 9.84. The number of hydrogen-bond donors (Lipinski definition) is 1. The number of aromatic hydroxyl groups is 1. The fourth-order valence-corrected chi connectivity index (χ4v) is 2.42. The van der Waals surface area contributed by atoms with E-state index in [-0.39, 0.29) is 0 Å². The maximum Gasteiger partial charge on any atom is 0.118 e. The normalized spacial score (nSPS) is 11.2. The summed E-state index contributed by atoms with van der Waals surface area (Å²) < 4.78 is 0. The van der Waals surface area contributed by atoms with E-state index in [1.54, 1.807) is 6.07 Å². The molecule has 0 saturated heterocycles. The van der Waals surface area contributed by atoms with Crippen LogP contribution in [0.1, 0.15) is 70.3 Å². The number of aryl methyl sites for hydroxylation is 1. The Morgan fingerprint density at radius 2 is 1.50 bits per heavy atom. The Hall–Kier alpha value is -1.24. The van der Waals surface area contributed by atoms with E-state index < -0.39 is 0 Å². The van der Waals surface area contributed by atoms with Crippen molar-refractivity contribution in [3.8, 4) is 5.75 Å². The summed E-state index contributed by atoms with van der Waals surface area (Å²) in [5, 5.41) is 9.65. The van der Waals surface area contributed by atoms with E-state index in [4.69, 9.17) is 0 Å². The lowest BCUT2D eigenvalue weighted by Gasteiger charge is -2.01. The Kier molecular flexibility index (Phi) is 9.73. The van der Waals surface area contributed by atoms with Crippen LogP contribution in [-0.4, -0.2) is 5.11 Å². The maximum absolute atomic E-state index is 9.65. The van der Waals surface area contributed by atoms with E-state index in [1.165, 1.54) is 51.4 Å². The van der Waals surface area contributed by atoms with E-state index in [0.29, 0.717) is 5.75 Å². The molecule has 0 aliphatic carbocycles. The highest BCUT2D eigenvalue weighted by Crippen LogP contribution is 2.17. The van der Waals surface area contributed by atoms with Gasteiger partial charge in [0, 0.05) is 0 Å². The highest BCUT2D eigenvalue weighted by molar-refractivity contribution is 5.31. The van der Waals surface area contributed by atoms with Gasteiger partial charge in [0.15, 0.2) is 0 Å². The van der Waals surface area contributed by atoms with Gasteiger partial charge in [0.25, 0.3) is 0 Å². The van der Waals surface area contributed by atoms with E-state index in [9.17, 15) is 5.11 Å². The van der Waals surface area contributed by atoms with E-state index >= 15 is 0 Å². The zero-order valence-electron chi connectivity index (χ0n) is 13.0. The van der Waals surface area contributed by atoms with Crippen molar-refractivity contribution in [3.05, 3.63) is 42.0 Å². The van der Waals surface area contributed by atoms with Gasteiger partial charge in [-0.1, -0.05) is 75.8 Å². The van der Waals surface area contributed by atoms with Crippen molar-refractivity contribution >= 4 is 0 Å². The van der Waals surface area contributed by atoms with Gasteiger partial charge in [-0.15, -0.1) is 0 Å². The number of phenols is 1. The summed E-state index contributed by atoms with van der Waals surface area (Å²) in [6.07, 6.45) is 17.3. The molecule has 0 fully saturated rings. The minimum absolute atomic E-state index is 0.424. The van der Waals surface area contributed by atoms with Crippen LogP contribution in [0.4, 0.5) is 0 Å². The van der Waals surface area contributed by atoms with Crippen LogP contribution >= 0.6 is 0 Å². The molecule has 0 unspecified atom stereocenters. The van der Waals surface area contributed by atoms with Crippen molar-refractivity contribution in [1.82, 2.24) is 0 Å². The van der Waals surface area contributed by atoms with Crippen molar-refractivity contribution in [2.75, 3.05) is 0 Å². The number of rotatable bonds is 11. The van der Waals surface area contributed by atoms with E-state index in [1.807, 2.05) is 18.2 Å². The lowest BCUT2D eigenvalue weighted by atomic mass is 10.1. The summed E-state index contributed by atoms with van der Waals surface area (Å²) in [5.74, 6) is 0.424. The first kappa shape index (κ1) is 16.8. The smallest absolute Gasteiger partial charge is 0.118 e. The molecule has 1 N–H and O–H groups in total. The van der Waals surface area contributed by atoms with Gasteiger partial charge in [-0.25, -0.2) is 0 Å². The maximum atomic E-state index is 9.65. The first-order valence-corrected chi connectivity index (χ1v) is 8.26. The van der Waals surface area contributed by atoms with Crippen molar-refractivity contribution in [2.45, 2.75) is 71.1 Å². The van der Waals surface area contributed by atoms with Gasteiger partial charge in [0.2, 0.25) is 0 Å². The van der Waals surface area contributed by atoms with Crippen LogP contribution < -0.4 is 0 Å². The van der Waals surface area contributed by atoms with E-state index in [0.717, 1.165) is 18.4 Å². The molecule has 1 heteroatoms. The Morgan fingerprint density at radius 3 is 2.25 bits per heavy atom. The van der Waals surface area contributed by atoms with Gasteiger partial charge in [-0.05, 0) is 37.3 Å². The van der Waals surface area contributed by atoms with Gasteiger partial charge < -0.3 is 5.11 Å². The van der Waals surface area contributed by atoms with Crippen LogP contribution in [0.15, 0.2) is 36.4 Å². The second-order valence-electron chi connectivity index (χ2n) is 5.55. The Bertz CT molecular complexity index is 368. The number of allylic oxidation sites excluding steroid dienone is 2. The van der Waals surface area contributed by atoms with Gasteiger partial charge in [0.05, 0.1) is 0 Å². The van der Waals surface area contributed by atoms with Crippen molar-refractivity contribution in [3.63, 3.8) is 0 Å². The van der Waals surface area contributed by atoms with Crippen molar-refractivity contribution < 1.29 is 5.11 Å². The lowest BCUT2D eigenvalue weighted by Crippen LogP contribution is -1.83. The molecule has 0 spiro atoms. The Morgan fingerprint density at radius 1 is 0.850 bits per heavy atom. The summed E-state index contributed by atoms with van der Waals surface area (Å²) in [5.41, 5.74) is 1.05. The third-order valence-corrected chi connectivity index (χ3v) is 3.71. The predicted octanol–water partition coefficient (Wildman–Crippen LogP) is 6.02. The highest BCUT2D eigenvalue weighted by atomic mass is 16.3. The zero-order valence-corrected chi connectivity index (χ0v) is 13.0. The van der Waals surface area contributed by atoms with Crippen LogP contribution in [0.5, 0.6) is 5.75 Å². The molecule has 0 aliphatic rings. The third kappa shape index (κ3) is 8.04. The monoisotopic (exact) mass is 274 g/mol. The highest BCUT2D eigenvalue weighted by Gasteiger charge is 1.96. The molecule has 20 heavy (non-hydrogen) atoms. The quantitative estimate of drug-likeness (QED) is 0.386. The average molecular weight is 274 g/mol. The van der Waals surface area contributed by atoms with E-state index in [2.05, 4.69) is 19.1 Å². The van der Waals surface area contributed by atoms with Crippen molar-refractivity contribution in [2.24, 2.45) is 0 Å². The van der Waals surface area contributed by atoms with Crippen molar-refractivity contribution in [1.29, 1.82) is 0 Å². The summed E-state index contributed by atoms with van der Waals surface area (Å²) in [6, 6.07) is 7.61. The van der Waals surface area contributed by atoms with Gasteiger partial charge in [-0.2, -0.15) is 0 Å². The zero-order chi connectivity index (χ0) is 14.5. The van der Waals surface area contributed by atoms with Crippen LogP contribution in [-0.2, 0) is 6.42 Å². The summed E-state index contributed by atoms with van der Waals surface area (Å²) >= 11 is 0. The summed E-state index contributed by atoms with van der Waals surface area (Å²) in [4.78, 5) is 0. The number of phenolic OH excluding ortho intramolecular Hbond substituents is 1. The molecule has 1 nitrogen and oxygen atoms in total. The molecule has 1 aromatic rings. The second-order valence-corrected chi connectivity index (χ2v) is 5.55. The Labute approximate surface area is 124 Å². The second kappa shape index (κ2) is 11.6. The largest absolute Gasteiger partial charge is 0.508 e. The number of benzene rings is 1. The molecule has 0 amide bonds. The average Bonchev–Trinajstić information content (AvgIpc) is 2.46. The van der Waals surface area contributed by atoms with Crippen LogP contribution in [0.3, 0.4) is 0 Å².